The van der Waals surface area contributed by atoms with E-state index in [1.165, 1.54) is 11.2 Å². The second kappa shape index (κ2) is 9.41. The molecule has 0 bridgehead atoms. The molecule has 11 heteroatoms. The van der Waals surface area contributed by atoms with Gasteiger partial charge in [0.15, 0.2) is 18.1 Å². The summed E-state index contributed by atoms with van der Waals surface area (Å²) in [5, 5.41) is 4.48. The number of hydrogen-bond donors (Lipinski definition) is 2. The predicted molar refractivity (Wildman–Crippen MR) is 108 cm³/mol. The first-order valence-corrected chi connectivity index (χ1v) is 9.96. The molecule has 0 radical (unpaired) electrons. The Morgan fingerprint density at radius 1 is 1.12 bits per heavy atom. The summed E-state index contributed by atoms with van der Waals surface area (Å²) in [6, 6.07) is 7.71. The third-order valence-electron chi connectivity index (χ3n) is 4.90. The lowest BCUT2D eigenvalue weighted by molar-refractivity contribution is -0.152. The van der Waals surface area contributed by atoms with Crippen LogP contribution in [0.1, 0.15) is 12.2 Å². The molecular weight excluding hydrogens is 422 g/mol. The Morgan fingerprint density at radius 3 is 2.72 bits per heavy atom. The van der Waals surface area contributed by atoms with Crippen LogP contribution in [-0.4, -0.2) is 50.2 Å². The summed E-state index contributed by atoms with van der Waals surface area (Å²) < 4.78 is 21.0. The van der Waals surface area contributed by atoms with Crippen LogP contribution in [-0.2, 0) is 25.7 Å². The number of benzene rings is 1. The SMILES string of the molecule is O=C(COC(=O)C1CC(=O)N(c2ccc3c(c2)OCCO3)C1)NC(=O)NCc1ccco1. The van der Waals surface area contributed by atoms with Crippen molar-refractivity contribution in [2.45, 2.75) is 13.0 Å². The highest BCUT2D eigenvalue weighted by atomic mass is 16.6. The van der Waals surface area contributed by atoms with Gasteiger partial charge in [-0.2, -0.15) is 0 Å². The molecule has 2 aromatic rings. The van der Waals surface area contributed by atoms with Gasteiger partial charge < -0.3 is 28.8 Å². The van der Waals surface area contributed by atoms with Gasteiger partial charge >= 0.3 is 12.0 Å². The van der Waals surface area contributed by atoms with Gasteiger partial charge in [-0.3, -0.25) is 19.7 Å². The van der Waals surface area contributed by atoms with Crippen LogP contribution in [0.4, 0.5) is 10.5 Å². The summed E-state index contributed by atoms with van der Waals surface area (Å²) >= 11 is 0. The fourth-order valence-electron chi connectivity index (χ4n) is 3.36. The molecule has 11 nitrogen and oxygen atoms in total. The van der Waals surface area contributed by atoms with Crippen LogP contribution >= 0.6 is 0 Å². The van der Waals surface area contributed by atoms with Crippen molar-refractivity contribution in [3.05, 3.63) is 42.4 Å². The Morgan fingerprint density at radius 2 is 1.94 bits per heavy atom. The molecule has 1 saturated heterocycles. The van der Waals surface area contributed by atoms with Gasteiger partial charge in [0.1, 0.15) is 19.0 Å². The smallest absolute Gasteiger partial charge is 0.321 e. The van der Waals surface area contributed by atoms with Gasteiger partial charge in [0, 0.05) is 24.7 Å². The molecule has 2 aliphatic rings. The molecule has 0 saturated carbocycles. The first-order chi connectivity index (χ1) is 15.5. The quantitative estimate of drug-likeness (QED) is 0.631. The molecular formula is C21H21N3O8. The van der Waals surface area contributed by atoms with Gasteiger partial charge in [0.25, 0.3) is 5.91 Å². The van der Waals surface area contributed by atoms with Crippen molar-refractivity contribution < 1.29 is 37.8 Å². The van der Waals surface area contributed by atoms with E-state index in [-0.39, 0.29) is 25.4 Å². The summed E-state index contributed by atoms with van der Waals surface area (Å²) in [7, 11) is 0. The normalized spacial score (nSPS) is 17.1. The van der Waals surface area contributed by atoms with E-state index in [2.05, 4.69) is 5.32 Å². The minimum Gasteiger partial charge on any atom is -0.486 e. The number of fused-ring (bicyclic) bond motifs is 1. The molecule has 3 heterocycles. The van der Waals surface area contributed by atoms with E-state index >= 15 is 0 Å². The zero-order chi connectivity index (χ0) is 22.5. The van der Waals surface area contributed by atoms with Crippen LogP contribution in [0.15, 0.2) is 41.0 Å². The average Bonchev–Trinajstić information content (AvgIpc) is 3.45. The van der Waals surface area contributed by atoms with Gasteiger partial charge in [-0.1, -0.05) is 0 Å². The molecule has 0 aliphatic carbocycles. The van der Waals surface area contributed by atoms with E-state index in [1.807, 2.05) is 5.32 Å². The van der Waals surface area contributed by atoms with Crippen LogP contribution in [0.2, 0.25) is 0 Å². The Balaban J connectivity index is 1.24. The number of esters is 1. The Hall–Kier alpha value is -4.02. The summed E-state index contributed by atoms with van der Waals surface area (Å²) in [6.45, 7) is 0.459. The zero-order valence-electron chi connectivity index (χ0n) is 17.0. The van der Waals surface area contributed by atoms with Crippen molar-refractivity contribution >= 4 is 29.5 Å². The van der Waals surface area contributed by atoms with E-state index in [4.69, 9.17) is 18.6 Å². The van der Waals surface area contributed by atoms with Crippen LogP contribution in [0, 0.1) is 5.92 Å². The van der Waals surface area contributed by atoms with Crippen molar-refractivity contribution in [2.75, 3.05) is 31.3 Å². The van der Waals surface area contributed by atoms with Crippen molar-refractivity contribution in [2.24, 2.45) is 5.92 Å². The van der Waals surface area contributed by atoms with Gasteiger partial charge in [-0.05, 0) is 24.3 Å². The molecule has 1 unspecified atom stereocenters. The van der Waals surface area contributed by atoms with Crippen molar-refractivity contribution in [1.29, 1.82) is 0 Å². The standard InChI is InChI=1S/C21H21N3O8/c25-18(23-21(28)22-10-15-2-1-5-29-15)12-32-20(27)13-8-19(26)24(11-13)14-3-4-16-17(9-14)31-7-6-30-16/h1-5,9,13H,6-8,10-12H2,(H2,22,23,25,28). The molecule has 168 valence electrons. The second-order valence-corrected chi connectivity index (χ2v) is 7.15. The second-order valence-electron chi connectivity index (χ2n) is 7.15. The Bertz CT molecular complexity index is 1020. The summed E-state index contributed by atoms with van der Waals surface area (Å²) in [5.41, 5.74) is 0.584. The van der Waals surface area contributed by atoms with E-state index in [0.29, 0.717) is 36.2 Å². The topological polar surface area (TPSA) is 136 Å². The van der Waals surface area contributed by atoms with E-state index in [0.717, 1.165) is 0 Å². The number of anilines is 1. The van der Waals surface area contributed by atoms with E-state index in [9.17, 15) is 19.2 Å². The van der Waals surface area contributed by atoms with Gasteiger partial charge in [0.2, 0.25) is 5.91 Å². The van der Waals surface area contributed by atoms with Crippen LogP contribution in [0.5, 0.6) is 11.5 Å². The minimum absolute atomic E-state index is 0.0431. The lowest BCUT2D eigenvalue weighted by atomic mass is 10.1. The number of amides is 4. The number of hydrogen-bond acceptors (Lipinski definition) is 8. The number of furan rings is 1. The summed E-state index contributed by atoms with van der Waals surface area (Å²) in [6.07, 6.45) is 1.42. The Kier molecular flexibility index (Phi) is 6.24. The van der Waals surface area contributed by atoms with Crippen LogP contribution < -0.4 is 25.0 Å². The number of imide groups is 1. The molecule has 2 aliphatic heterocycles. The van der Waals surface area contributed by atoms with Gasteiger partial charge in [-0.25, -0.2) is 4.79 Å². The average molecular weight is 443 g/mol. The highest BCUT2D eigenvalue weighted by molar-refractivity contribution is 6.00. The number of carbonyl (C=O) groups excluding carboxylic acids is 4. The summed E-state index contributed by atoms with van der Waals surface area (Å²) in [4.78, 5) is 49.8. The lowest BCUT2D eigenvalue weighted by Gasteiger charge is -2.22. The van der Waals surface area contributed by atoms with Gasteiger partial charge in [0.05, 0.1) is 18.7 Å². The number of nitrogens with one attached hydrogen (secondary N) is 2. The predicted octanol–water partition coefficient (Wildman–Crippen LogP) is 0.973. The number of nitrogens with zero attached hydrogens (tertiary/aromatic N) is 1. The molecule has 4 rings (SSSR count). The van der Waals surface area contributed by atoms with Gasteiger partial charge in [-0.15, -0.1) is 0 Å². The molecule has 1 aromatic carbocycles. The highest BCUT2D eigenvalue weighted by Gasteiger charge is 2.37. The first kappa shape index (κ1) is 21.2. The van der Waals surface area contributed by atoms with Crippen LogP contribution in [0.3, 0.4) is 0 Å². The third kappa shape index (κ3) is 4.99. The first-order valence-electron chi connectivity index (χ1n) is 9.96. The maximum atomic E-state index is 12.4. The number of urea groups is 1. The number of ether oxygens (including phenoxy) is 3. The highest BCUT2D eigenvalue weighted by Crippen LogP contribution is 2.36. The third-order valence-corrected chi connectivity index (χ3v) is 4.90. The maximum Gasteiger partial charge on any atom is 0.321 e. The van der Waals surface area contributed by atoms with E-state index in [1.54, 1.807) is 30.3 Å². The number of carbonyl (C=O) groups is 4. The molecule has 32 heavy (non-hydrogen) atoms. The summed E-state index contributed by atoms with van der Waals surface area (Å²) in [5.74, 6) is -0.793. The zero-order valence-corrected chi connectivity index (χ0v) is 17.0. The van der Waals surface area contributed by atoms with Crippen molar-refractivity contribution in [3.63, 3.8) is 0 Å². The molecule has 0 spiro atoms. The Labute approximate surface area is 182 Å². The molecule has 2 N–H and O–H groups in total. The van der Waals surface area contributed by atoms with E-state index < -0.39 is 30.4 Å². The molecule has 1 aromatic heterocycles. The largest absolute Gasteiger partial charge is 0.486 e. The van der Waals surface area contributed by atoms with Crippen molar-refractivity contribution in [1.82, 2.24) is 10.6 Å². The maximum absolute atomic E-state index is 12.4. The molecule has 4 amide bonds. The monoisotopic (exact) mass is 443 g/mol. The number of rotatable bonds is 6. The molecule has 1 atom stereocenters. The fourth-order valence-corrected chi connectivity index (χ4v) is 3.36. The lowest BCUT2D eigenvalue weighted by Crippen LogP contribution is -2.41. The van der Waals surface area contributed by atoms with Crippen molar-refractivity contribution in [3.8, 4) is 11.5 Å². The fraction of sp³-hybridized carbons (Fsp3) is 0.333. The minimum atomic E-state index is -0.789. The van der Waals surface area contributed by atoms with Crippen LogP contribution in [0.25, 0.3) is 0 Å². The molecule has 1 fully saturated rings.